The Morgan fingerprint density at radius 1 is 0.679 bits per heavy atom. The van der Waals surface area contributed by atoms with E-state index in [1.165, 1.54) is 17.9 Å². The first kappa shape index (κ1) is 70.7. The van der Waals surface area contributed by atoms with E-state index in [-0.39, 0.29) is 51.5 Å². The smallest absolute Gasteiger partial charge is 0.312 e. The van der Waals surface area contributed by atoms with Gasteiger partial charge in [0.25, 0.3) is 0 Å². The van der Waals surface area contributed by atoms with Gasteiger partial charge in [0.15, 0.2) is 5.72 Å². The quantitative estimate of drug-likeness (QED) is 0.0341. The van der Waals surface area contributed by atoms with Crippen LogP contribution in [0.3, 0.4) is 0 Å². The number of benzene rings is 1. The van der Waals surface area contributed by atoms with Gasteiger partial charge >= 0.3 is 12.0 Å². The summed E-state index contributed by atoms with van der Waals surface area (Å²) in [6.07, 6.45) is 4.73. The number of hydrogen-bond donors (Lipinski definition) is 5. The first-order chi connectivity index (χ1) is 40.8. The zero-order valence-electron chi connectivity index (χ0n) is 49.1. The Balaban J connectivity index is 1.05. The number of aromatic nitrogens is 3. The predicted octanol–water partition coefficient (Wildman–Crippen LogP) is 0.439. The fourth-order valence-electron chi connectivity index (χ4n) is 7.87. The van der Waals surface area contributed by atoms with Crippen LogP contribution in [-0.2, 0) is 103 Å². The molecule has 4 atom stereocenters. The maximum Gasteiger partial charge on any atom is 0.312 e. The first-order valence-corrected chi connectivity index (χ1v) is 28.4. The van der Waals surface area contributed by atoms with E-state index in [9.17, 15) is 28.8 Å². The molecular weight excluding hydrogens is 1110 g/mol. The van der Waals surface area contributed by atoms with Crippen molar-refractivity contribution in [3.05, 3.63) is 53.9 Å². The molecule has 84 heavy (non-hydrogen) atoms. The van der Waals surface area contributed by atoms with E-state index >= 15 is 0 Å². The van der Waals surface area contributed by atoms with Crippen LogP contribution in [0.25, 0.3) is 0 Å². The average Bonchev–Trinajstić information content (AvgIpc) is 1.77. The molecule has 474 valence electrons. The summed E-state index contributed by atoms with van der Waals surface area (Å²) in [6.45, 7) is 15.8. The number of ether oxygens (including phenoxy) is 14. The summed E-state index contributed by atoms with van der Waals surface area (Å²) in [6, 6.07) is 2.75. The normalized spacial score (nSPS) is 15.6. The van der Waals surface area contributed by atoms with E-state index in [4.69, 9.17) is 72.0 Å². The molecule has 2 aliphatic rings. The fraction of sp³-hybridized carbons (Fsp3) is 0.709. The third-order valence-electron chi connectivity index (χ3n) is 12.3. The maximum atomic E-state index is 14.0. The average molecular weight is 1200 g/mol. The standard InChI is InChI=1S/C55H89N9O20/c1-42(2)51(53(69)59-46(6-5-13-57-54(56)70)52(68)58-45-9-7-44(8-10-45)40-83-43(3)65)60-49(66)38-48(64-50(67)11-12-55(64)41-84-55)47-39-63(62-61-47)14-15-72-18-19-74-22-23-76-26-27-78-30-31-80-34-35-82-37-36-81-33-32-79-29-28-77-25-24-75-21-20-73-17-16-71-4/h7-12,39,42,46,48,51H,5-6,13-38,40-41H2,1-4H3,(H,58,68)(H,59,69)(H,60,66)(H3,56,57,70)/t46-,48+,51-,55?/m0/s1. The van der Waals surface area contributed by atoms with E-state index in [0.29, 0.717) is 169 Å². The van der Waals surface area contributed by atoms with E-state index < -0.39 is 59.5 Å². The number of carbonyl (C=O) groups is 6. The number of urea groups is 1. The maximum absolute atomic E-state index is 14.0. The molecular formula is C55H89N9O20. The lowest BCUT2D eigenvalue weighted by Crippen LogP contribution is -2.55. The highest BCUT2D eigenvalue weighted by Gasteiger charge is 2.56. The molecule has 29 nitrogen and oxygen atoms in total. The Morgan fingerprint density at radius 2 is 1.15 bits per heavy atom. The van der Waals surface area contributed by atoms with Crippen molar-refractivity contribution in [3.63, 3.8) is 0 Å². The van der Waals surface area contributed by atoms with E-state index in [1.807, 2.05) is 0 Å². The van der Waals surface area contributed by atoms with Gasteiger partial charge in [0.1, 0.15) is 31.0 Å². The van der Waals surface area contributed by atoms with Crippen LogP contribution in [0, 0.1) is 5.92 Å². The number of methoxy groups -OCH3 is 1. The van der Waals surface area contributed by atoms with E-state index in [0.717, 1.165) is 0 Å². The zero-order chi connectivity index (χ0) is 60.5. The van der Waals surface area contributed by atoms with Crippen molar-refractivity contribution in [2.24, 2.45) is 11.7 Å². The fourth-order valence-corrected chi connectivity index (χ4v) is 7.87. The third-order valence-corrected chi connectivity index (χ3v) is 12.3. The summed E-state index contributed by atoms with van der Waals surface area (Å²) in [5.41, 5.74) is 5.62. The summed E-state index contributed by atoms with van der Waals surface area (Å²) in [5.74, 6) is -3.02. The van der Waals surface area contributed by atoms with Crippen LogP contribution in [0.2, 0.25) is 0 Å². The second-order valence-electron chi connectivity index (χ2n) is 19.3. The number of nitrogens with one attached hydrogen (secondary N) is 4. The minimum absolute atomic E-state index is 0.0593. The number of esters is 1. The topological polar surface area (TPSA) is 343 Å². The molecule has 0 bridgehead atoms. The van der Waals surface area contributed by atoms with Crippen molar-refractivity contribution in [2.75, 3.05) is 178 Å². The van der Waals surface area contributed by atoms with Crippen LogP contribution in [0.1, 0.15) is 57.3 Å². The van der Waals surface area contributed by atoms with Crippen LogP contribution in [0.15, 0.2) is 42.6 Å². The molecule has 0 radical (unpaired) electrons. The molecule has 29 heteroatoms. The summed E-state index contributed by atoms with van der Waals surface area (Å²) in [5, 5.41) is 19.4. The van der Waals surface area contributed by atoms with Crippen molar-refractivity contribution in [2.45, 2.75) is 77.0 Å². The molecule has 1 fully saturated rings. The van der Waals surface area contributed by atoms with Gasteiger partial charge in [0.2, 0.25) is 23.6 Å². The van der Waals surface area contributed by atoms with Gasteiger partial charge in [-0.05, 0) is 42.5 Å². The van der Waals surface area contributed by atoms with Crippen LogP contribution < -0.4 is 27.0 Å². The Hall–Kier alpha value is -5.80. The minimum atomic E-state index is -1.11. The van der Waals surface area contributed by atoms with E-state index in [2.05, 4.69) is 31.6 Å². The number of epoxide rings is 1. The Kier molecular flexibility index (Phi) is 36.1. The number of nitrogens with two attached hydrogens (primary N) is 1. The molecule has 6 N–H and O–H groups in total. The number of primary amides is 1. The van der Waals surface area contributed by atoms with Crippen molar-refractivity contribution in [1.82, 2.24) is 35.8 Å². The largest absolute Gasteiger partial charge is 0.461 e. The van der Waals surface area contributed by atoms with Crippen LogP contribution >= 0.6 is 0 Å². The van der Waals surface area contributed by atoms with Gasteiger partial charge in [0, 0.05) is 32.3 Å². The summed E-state index contributed by atoms with van der Waals surface area (Å²) in [4.78, 5) is 78.8. The van der Waals surface area contributed by atoms with Gasteiger partial charge in [0.05, 0.1) is 177 Å². The van der Waals surface area contributed by atoms with Crippen molar-refractivity contribution >= 4 is 41.3 Å². The minimum Gasteiger partial charge on any atom is -0.461 e. The van der Waals surface area contributed by atoms with Crippen molar-refractivity contribution in [3.8, 4) is 0 Å². The molecule has 0 aliphatic carbocycles. The predicted molar refractivity (Wildman–Crippen MR) is 299 cm³/mol. The number of anilines is 1. The first-order valence-electron chi connectivity index (χ1n) is 28.4. The lowest BCUT2D eigenvalue weighted by atomic mass is 10.0. The monoisotopic (exact) mass is 1200 g/mol. The molecule has 1 aromatic heterocycles. The van der Waals surface area contributed by atoms with Crippen LogP contribution in [0.5, 0.6) is 0 Å². The van der Waals surface area contributed by atoms with Gasteiger partial charge < -0.3 is 93.3 Å². The van der Waals surface area contributed by atoms with Gasteiger partial charge in [-0.25, -0.2) is 9.48 Å². The zero-order valence-corrected chi connectivity index (χ0v) is 49.1. The Bertz CT molecular complexity index is 2200. The van der Waals surface area contributed by atoms with Crippen LogP contribution in [0.4, 0.5) is 10.5 Å². The molecule has 4 rings (SSSR count). The Morgan fingerprint density at radius 3 is 1.60 bits per heavy atom. The second kappa shape index (κ2) is 42.9. The number of nitrogens with zero attached hydrogens (tertiary/aromatic N) is 4. The molecule has 6 amide bonds. The summed E-state index contributed by atoms with van der Waals surface area (Å²) < 4.78 is 77.9. The van der Waals surface area contributed by atoms with Crippen molar-refractivity contribution < 1.29 is 95.1 Å². The molecule has 3 heterocycles. The Labute approximate surface area is 491 Å². The van der Waals surface area contributed by atoms with Gasteiger partial charge in [-0.3, -0.25) is 28.9 Å². The SMILES string of the molecule is COCCOCCOCCOCCOCCOCCOCCOCCOCCOCCOCCOCCn1cc([C@@H](CC(=O)N[C@H](C(=O)N[C@@H](CCCNC(N)=O)C(=O)Nc2ccc(COC(C)=O)cc2)C(C)C)N2C(=O)C=CC23CO3)nn1. The highest BCUT2D eigenvalue weighted by Crippen LogP contribution is 2.43. The highest BCUT2D eigenvalue weighted by molar-refractivity contribution is 5.98. The molecule has 1 aromatic carbocycles. The molecule has 1 saturated heterocycles. The molecule has 2 aliphatic heterocycles. The lowest BCUT2D eigenvalue weighted by molar-refractivity contribution is -0.142. The number of rotatable bonds is 52. The van der Waals surface area contributed by atoms with Gasteiger partial charge in [-0.15, -0.1) is 5.10 Å². The van der Waals surface area contributed by atoms with Gasteiger partial charge in [-0.2, -0.15) is 0 Å². The summed E-state index contributed by atoms with van der Waals surface area (Å²) in [7, 11) is 1.63. The lowest BCUT2D eigenvalue weighted by Gasteiger charge is -2.31. The van der Waals surface area contributed by atoms with Crippen LogP contribution in [-0.4, -0.2) is 246 Å². The highest BCUT2D eigenvalue weighted by atomic mass is 16.6. The van der Waals surface area contributed by atoms with E-state index in [1.54, 1.807) is 62.2 Å². The molecule has 2 aromatic rings. The van der Waals surface area contributed by atoms with Gasteiger partial charge in [-0.1, -0.05) is 31.2 Å². The van der Waals surface area contributed by atoms with Crippen molar-refractivity contribution in [1.29, 1.82) is 0 Å². The summed E-state index contributed by atoms with van der Waals surface area (Å²) >= 11 is 0. The number of carbonyl (C=O) groups excluding carboxylic acids is 6. The molecule has 0 saturated carbocycles. The molecule has 1 unspecified atom stereocenters. The number of hydrogen-bond acceptors (Lipinski definition) is 22. The second-order valence-corrected chi connectivity index (χ2v) is 19.3. The third kappa shape index (κ3) is 30.3. The molecule has 1 spiro atoms. The number of amides is 6.